The molecule has 0 aliphatic heterocycles. The number of hydrogen-bond donors (Lipinski definition) is 1. The van der Waals surface area contributed by atoms with E-state index in [2.05, 4.69) is 10.3 Å². The Hall–Kier alpha value is -2.50. The number of benzene rings is 1. The molecule has 0 unspecified atom stereocenters. The third-order valence-corrected chi connectivity index (χ3v) is 3.70. The molecule has 1 amide bonds. The van der Waals surface area contributed by atoms with Gasteiger partial charge < -0.3 is 19.4 Å². The third kappa shape index (κ3) is 4.03. The predicted molar refractivity (Wildman–Crippen MR) is 87.7 cm³/mol. The molecule has 2 aromatic rings. The Balaban J connectivity index is 2.08. The number of nitrogens with zero attached hydrogens (tertiary/aromatic N) is 2. The molecule has 0 saturated heterocycles. The van der Waals surface area contributed by atoms with Crippen molar-refractivity contribution >= 4 is 5.91 Å². The number of aromatic nitrogens is 2. The molecule has 0 aliphatic carbocycles. The Labute approximate surface area is 136 Å². The Morgan fingerprint density at radius 1 is 1.35 bits per heavy atom. The fourth-order valence-corrected chi connectivity index (χ4v) is 2.28. The van der Waals surface area contributed by atoms with Crippen molar-refractivity contribution in [1.29, 1.82) is 0 Å². The van der Waals surface area contributed by atoms with Crippen molar-refractivity contribution in [3.63, 3.8) is 0 Å². The summed E-state index contributed by atoms with van der Waals surface area (Å²) in [4.78, 5) is 16.3. The van der Waals surface area contributed by atoms with E-state index in [1.54, 1.807) is 30.4 Å². The van der Waals surface area contributed by atoms with Crippen LogP contribution in [-0.4, -0.2) is 29.2 Å². The summed E-state index contributed by atoms with van der Waals surface area (Å²) in [5.41, 5.74) is 0.955. The first-order valence-electron chi connectivity index (χ1n) is 7.65. The predicted octanol–water partition coefficient (Wildman–Crippen LogP) is 2.73. The molecule has 0 aliphatic rings. The van der Waals surface area contributed by atoms with Gasteiger partial charge in [0.2, 0.25) is 5.91 Å². The zero-order valence-corrected chi connectivity index (χ0v) is 13.9. The van der Waals surface area contributed by atoms with E-state index in [0.29, 0.717) is 18.1 Å². The van der Waals surface area contributed by atoms with E-state index < -0.39 is 0 Å². The third-order valence-electron chi connectivity index (χ3n) is 3.70. The van der Waals surface area contributed by atoms with Crippen molar-refractivity contribution in [2.24, 2.45) is 0 Å². The molecular weight excluding hydrogens is 294 g/mol. The zero-order valence-electron chi connectivity index (χ0n) is 13.9. The van der Waals surface area contributed by atoms with Crippen molar-refractivity contribution < 1.29 is 14.3 Å². The summed E-state index contributed by atoms with van der Waals surface area (Å²) in [5.74, 6) is 1.29. The van der Waals surface area contributed by atoms with Crippen LogP contribution in [0.1, 0.15) is 38.4 Å². The minimum Gasteiger partial charge on any atom is -0.493 e. The summed E-state index contributed by atoms with van der Waals surface area (Å²) in [6.07, 6.45) is 5.06. The van der Waals surface area contributed by atoms with E-state index in [0.717, 1.165) is 5.56 Å². The first-order valence-corrected chi connectivity index (χ1v) is 7.65. The van der Waals surface area contributed by atoms with Crippen LogP contribution in [-0.2, 0) is 4.79 Å². The van der Waals surface area contributed by atoms with Gasteiger partial charge in [-0.05, 0) is 38.5 Å². The largest absolute Gasteiger partial charge is 0.493 e. The summed E-state index contributed by atoms with van der Waals surface area (Å²) in [6, 6.07) is 5.22. The van der Waals surface area contributed by atoms with E-state index in [4.69, 9.17) is 9.47 Å². The molecule has 2 rings (SSSR count). The molecule has 0 radical (unpaired) electrons. The number of imidazole rings is 1. The van der Waals surface area contributed by atoms with Gasteiger partial charge in [-0.1, -0.05) is 6.07 Å². The highest BCUT2D eigenvalue weighted by Crippen LogP contribution is 2.30. The number of hydrogen-bond acceptors (Lipinski definition) is 4. The fraction of sp³-hybridized carbons (Fsp3) is 0.412. The topological polar surface area (TPSA) is 65.4 Å². The van der Waals surface area contributed by atoms with Crippen molar-refractivity contribution in [3.8, 4) is 11.5 Å². The molecule has 6 nitrogen and oxygen atoms in total. The van der Waals surface area contributed by atoms with Gasteiger partial charge in [-0.15, -0.1) is 0 Å². The molecule has 0 saturated carbocycles. The lowest BCUT2D eigenvalue weighted by Crippen LogP contribution is -2.32. The van der Waals surface area contributed by atoms with E-state index in [1.807, 2.05) is 39.0 Å². The molecule has 0 bridgehead atoms. The Morgan fingerprint density at radius 2 is 2.13 bits per heavy atom. The number of ether oxygens (including phenoxy) is 2. The van der Waals surface area contributed by atoms with Crippen molar-refractivity contribution in [2.45, 2.75) is 32.9 Å². The average Bonchev–Trinajstić information content (AvgIpc) is 3.09. The first kappa shape index (κ1) is 16.9. The Morgan fingerprint density at radius 3 is 2.74 bits per heavy atom. The number of carbonyl (C=O) groups excluding carboxylic acids is 1. The summed E-state index contributed by atoms with van der Waals surface area (Å²) < 4.78 is 12.6. The molecular formula is C17H23N3O3. The quantitative estimate of drug-likeness (QED) is 0.853. The number of carbonyl (C=O) groups is 1. The summed E-state index contributed by atoms with van der Waals surface area (Å²) in [5, 5.41) is 3.00. The van der Waals surface area contributed by atoms with E-state index in [1.165, 1.54) is 0 Å². The second-order valence-electron chi connectivity index (χ2n) is 5.26. The lowest BCUT2D eigenvalue weighted by Gasteiger charge is -2.20. The van der Waals surface area contributed by atoms with Gasteiger partial charge in [0.1, 0.15) is 6.04 Å². The molecule has 6 heteroatoms. The molecule has 1 aromatic carbocycles. The molecule has 1 N–H and O–H groups in total. The molecule has 23 heavy (non-hydrogen) atoms. The molecule has 0 fully saturated rings. The van der Waals surface area contributed by atoms with E-state index in [-0.39, 0.29) is 18.0 Å². The maximum absolute atomic E-state index is 12.3. The Bertz CT molecular complexity index is 641. The zero-order chi connectivity index (χ0) is 16.8. The van der Waals surface area contributed by atoms with Gasteiger partial charge >= 0.3 is 0 Å². The summed E-state index contributed by atoms with van der Waals surface area (Å²) >= 11 is 0. The van der Waals surface area contributed by atoms with Crippen LogP contribution in [0.2, 0.25) is 0 Å². The van der Waals surface area contributed by atoms with Crippen LogP contribution in [0.15, 0.2) is 36.9 Å². The monoisotopic (exact) mass is 317 g/mol. The van der Waals surface area contributed by atoms with Gasteiger partial charge in [-0.3, -0.25) is 4.79 Å². The fourth-order valence-electron chi connectivity index (χ4n) is 2.28. The van der Waals surface area contributed by atoms with Gasteiger partial charge in [0.15, 0.2) is 11.5 Å². The number of methoxy groups -OCH3 is 1. The SMILES string of the molecule is CCOc1ccc([C@H](C)NC(=O)[C@H](C)n2ccnc2)cc1OC. The second-order valence-corrected chi connectivity index (χ2v) is 5.26. The van der Waals surface area contributed by atoms with E-state index in [9.17, 15) is 4.79 Å². The molecule has 1 aromatic heterocycles. The second kappa shape index (κ2) is 7.67. The minimum absolute atomic E-state index is 0.0663. The molecule has 2 atom stereocenters. The minimum atomic E-state index is -0.315. The van der Waals surface area contributed by atoms with Crippen LogP contribution in [0.4, 0.5) is 0 Å². The van der Waals surface area contributed by atoms with Crippen LogP contribution in [0.5, 0.6) is 11.5 Å². The average molecular weight is 317 g/mol. The lowest BCUT2D eigenvalue weighted by atomic mass is 10.1. The number of rotatable bonds is 7. The van der Waals surface area contributed by atoms with Crippen molar-refractivity contribution in [3.05, 3.63) is 42.5 Å². The smallest absolute Gasteiger partial charge is 0.243 e. The van der Waals surface area contributed by atoms with Gasteiger partial charge in [-0.25, -0.2) is 4.98 Å². The number of amides is 1. The molecule has 124 valence electrons. The molecule has 0 spiro atoms. The van der Waals surface area contributed by atoms with E-state index >= 15 is 0 Å². The summed E-state index contributed by atoms with van der Waals surface area (Å²) in [7, 11) is 1.60. The van der Waals surface area contributed by atoms with Gasteiger partial charge in [0, 0.05) is 12.4 Å². The van der Waals surface area contributed by atoms with Gasteiger partial charge in [-0.2, -0.15) is 0 Å². The van der Waals surface area contributed by atoms with Crippen LogP contribution < -0.4 is 14.8 Å². The summed E-state index contributed by atoms with van der Waals surface area (Å²) in [6.45, 7) is 6.27. The highest BCUT2D eigenvalue weighted by atomic mass is 16.5. The Kier molecular flexibility index (Phi) is 5.62. The first-order chi connectivity index (χ1) is 11.1. The highest BCUT2D eigenvalue weighted by Gasteiger charge is 2.18. The maximum atomic E-state index is 12.3. The maximum Gasteiger partial charge on any atom is 0.243 e. The van der Waals surface area contributed by atoms with Crippen LogP contribution >= 0.6 is 0 Å². The van der Waals surface area contributed by atoms with Crippen LogP contribution in [0.3, 0.4) is 0 Å². The van der Waals surface area contributed by atoms with Crippen LogP contribution in [0.25, 0.3) is 0 Å². The van der Waals surface area contributed by atoms with Gasteiger partial charge in [0.05, 0.1) is 26.1 Å². The highest BCUT2D eigenvalue weighted by molar-refractivity contribution is 5.80. The van der Waals surface area contributed by atoms with Gasteiger partial charge in [0.25, 0.3) is 0 Å². The lowest BCUT2D eigenvalue weighted by molar-refractivity contribution is -0.124. The molecule has 1 heterocycles. The van der Waals surface area contributed by atoms with Crippen LogP contribution in [0, 0.1) is 0 Å². The van der Waals surface area contributed by atoms with Crippen molar-refractivity contribution in [1.82, 2.24) is 14.9 Å². The van der Waals surface area contributed by atoms with Crippen molar-refractivity contribution in [2.75, 3.05) is 13.7 Å². The normalized spacial score (nSPS) is 13.2. The number of nitrogens with one attached hydrogen (secondary N) is 1. The standard InChI is InChI=1S/C17H23N3O3/c1-5-23-15-7-6-14(10-16(15)22-4)12(2)19-17(21)13(3)20-9-8-18-11-20/h6-13H,5H2,1-4H3,(H,19,21)/t12-,13-/m0/s1.